The summed E-state index contributed by atoms with van der Waals surface area (Å²) in [4.78, 5) is 33.6. The van der Waals surface area contributed by atoms with Crippen molar-refractivity contribution in [2.24, 2.45) is 11.8 Å². The molecular weight excluding hydrogens is 312 g/mol. The largest absolute Gasteiger partial charge is 0.481 e. The maximum absolute atomic E-state index is 12.3. The third kappa shape index (κ3) is 3.54. The highest BCUT2D eigenvalue weighted by Crippen LogP contribution is 2.33. The zero-order valence-corrected chi connectivity index (χ0v) is 12.4. The van der Waals surface area contributed by atoms with Gasteiger partial charge in [-0.15, -0.1) is 0 Å². The van der Waals surface area contributed by atoms with Gasteiger partial charge in [-0.05, 0) is 18.9 Å². The van der Waals surface area contributed by atoms with E-state index < -0.39 is 28.6 Å². The van der Waals surface area contributed by atoms with Crippen LogP contribution in [0.3, 0.4) is 0 Å². The molecule has 118 valence electrons. The van der Waals surface area contributed by atoms with E-state index in [0.29, 0.717) is 12.8 Å². The number of nitrogens with zero attached hydrogens (tertiary/aromatic N) is 1. The molecule has 2 rings (SSSR count). The first-order valence-corrected chi connectivity index (χ1v) is 7.25. The Bertz CT molecular complexity index is 619. The molecule has 1 aromatic rings. The second kappa shape index (κ2) is 6.74. The Hall–Kier alpha value is -2.15. The van der Waals surface area contributed by atoms with Crippen molar-refractivity contribution in [1.82, 2.24) is 0 Å². The van der Waals surface area contributed by atoms with Gasteiger partial charge in [-0.3, -0.25) is 19.7 Å². The third-order valence-corrected chi connectivity index (χ3v) is 4.15. The van der Waals surface area contributed by atoms with Crippen LogP contribution in [0.1, 0.15) is 25.7 Å². The lowest BCUT2D eigenvalue weighted by Crippen LogP contribution is -2.36. The molecule has 0 unspecified atom stereocenters. The Labute approximate surface area is 131 Å². The van der Waals surface area contributed by atoms with Gasteiger partial charge in [0.2, 0.25) is 5.91 Å². The van der Waals surface area contributed by atoms with E-state index in [2.05, 4.69) is 5.32 Å². The summed E-state index contributed by atoms with van der Waals surface area (Å²) in [6.45, 7) is 0. The van der Waals surface area contributed by atoms with Crippen molar-refractivity contribution in [3.63, 3.8) is 0 Å². The molecule has 0 spiro atoms. The number of halogens is 1. The predicted molar refractivity (Wildman–Crippen MR) is 79.8 cm³/mol. The number of rotatable bonds is 4. The molecule has 0 bridgehead atoms. The first-order valence-electron chi connectivity index (χ1n) is 6.87. The van der Waals surface area contributed by atoms with Gasteiger partial charge >= 0.3 is 5.97 Å². The van der Waals surface area contributed by atoms with Gasteiger partial charge in [-0.1, -0.05) is 24.4 Å². The summed E-state index contributed by atoms with van der Waals surface area (Å²) in [5, 5.41) is 22.5. The van der Waals surface area contributed by atoms with Crippen molar-refractivity contribution in [3.05, 3.63) is 33.3 Å². The lowest BCUT2D eigenvalue weighted by molar-refractivity contribution is -0.384. The van der Waals surface area contributed by atoms with Gasteiger partial charge in [0.1, 0.15) is 0 Å². The number of non-ortho nitro benzene ring substituents is 1. The SMILES string of the molecule is O=C(O)[C@@H]1CCCC[C@H]1C(=O)Nc1ccc([N+](=O)[O-])cc1Cl. The van der Waals surface area contributed by atoms with Gasteiger partial charge in [0.05, 0.1) is 27.5 Å². The lowest BCUT2D eigenvalue weighted by atomic mass is 9.78. The summed E-state index contributed by atoms with van der Waals surface area (Å²) in [5.41, 5.74) is 0.0658. The highest BCUT2D eigenvalue weighted by Gasteiger charge is 2.35. The monoisotopic (exact) mass is 326 g/mol. The quantitative estimate of drug-likeness (QED) is 0.652. The van der Waals surface area contributed by atoms with E-state index in [-0.39, 0.29) is 16.4 Å². The van der Waals surface area contributed by atoms with Crippen LogP contribution in [0.25, 0.3) is 0 Å². The van der Waals surface area contributed by atoms with Gasteiger partial charge in [-0.25, -0.2) is 0 Å². The first kappa shape index (κ1) is 16.2. The fourth-order valence-electron chi connectivity index (χ4n) is 2.68. The minimum Gasteiger partial charge on any atom is -0.481 e. The molecule has 0 saturated heterocycles. The van der Waals surface area contributed by atoms with Gasteiger partial charge < -0.3 is 10.4 Å². The van der Waals surface area contributed by atoms with E-state index in [1.807, 2.05) is 0 Å². The molecule has 7 nitrogen and oxygen atoms in total. The number of aliphatic carboxylic acids is 1. The molecule has 1 fully saturated rings. The number of carbonyl (C=O) groups is 2. The molecule has 22 heavy (non-hydrogen) atoms. The van der Waals surface area contributed by atoms with Crippen molar-refractivity contribution in [1.29, 1.82) is 0 Å². The standard InChI is InChI=1S/C14H15ClN2O5/c15-11-7-8(17(21)22)5-6-12(11)16-13(18)9-3-1-2-4-10(9)14(19)20/h5-7,9-10H,1-4H2,(H,16,18)(H,19,20)/t9-,10-/m1/s1. The number of nitro benzene ring substituents is 1. The molecule has 2 atom stereocenters. The van der Waals surface area contributed by atoms with Gasteiger partial charge in [0, 0.05) is 12.1 Å². The fourth-order valence-corrected chi connectivity index (χ4v) is 2.91. The first-order chi connectivity index (χ1) is 10.4. The lowest BCUT2D eigenvalue weighted by Gasteiger charge is -2.27. The van der Waals surface area contributed by atoms with Crippen LogP contribution in [-0.2, 0) is 9.59 Å². The summed E-state index contributed by atoms with van der Waals surface area (Å²) >= 11 is 5.92. The van der Waals surface area contributed by atoms with Gasteiger partial charge in [-0.2, -0.15) is 0 Å². The zero-order valence-electron chi connectivity index (χ0n) is 11.6. The minimum atomic E-state index is -0.977. The Balaban J connectivity index is 2.14. The average molecular weight is 327 g/mol. The highest BCUT2D eigenvalue weighted by atomic mass is 35.5. The number of hydrogen-bond acceptors (Lipinski definition) is 4. The number of nitrogens with one attached hydrogen (secondary N) is 1. The maximum Gasteiger partial charge on any atom is 0.307 e. The van der Waals surface area contributed by atoms with E-state index in [1.54, 1.807) is 0 Å². The molecule has 0 radical (unpaired) electrons. The molecule has 0 aromatic heterocycles. The summed E-state index contributed by atoms with van der Waals surface area (Å²) in [6, 6.07) is 3.72. The van der Waals surface area contributed by atoms with Crippen molar-refractivity contribution in [2.75, 3.05) is 5.32 Å². The smallest absolute Gasteiger partial charge is 0.307 e. The Kier molecular flexibility index (Phi) is 4.97. The van der Waals surface area contributed by atoms with E-state index in [1.165, 1.54) is 12.1 Å². The number of nitro groups is 1. The van der Waals surface area contributed by atoms with Crippen molar-refractivity contribution < 1.29 is 19.6 Å². The molecule has 0 aliphatic heterocycles. The van der Waals surface area contributed by atoms with Crippen LogP contribution in [0.15, 0.2) is 18.2 Å². The Morgan fingerprint density at radius 3 is 2.45 bits per heavy atom. The van der Waals surface area contributed by atoms with Crippen LogP contribution in [-0.4, -0.2) is 21.9 Å². The molecule has 1 aliphatic carbocycles. The maximum atomic E-state index is 12.3. The van der Waals surface area contributed by atoms with E-state index in [9.17, 15) is 24.8 Å². The van der Waals surface area contributed by atoms with Crippen LogP contribution in [0.2, 0.25) is 5.02 Å². The van der Waals surface area contributed by atoms with E-state index >= 15 is 0 Å². The number of carbonyl (C=O) groups excluding carboxylic acids is 1. The van der Waals surface area contributed by atoms with Crippen LogP contribution in [0.5, 0.6) is 0 Å². The van der Waals surface area contributed by atoms with E-state index in [0.717, 1.165) is 18.9 Å². The second-order valence-corrected chi connectivity index (χ2v) is 5.65. The normalized spacial score (nSPS) is 21.1. The summed E-state index contributed by atoms with van der Waals surface area (Å²) < 4.78 is 0. The number of carboxylic acid groups (broad SMARTS) is 1. The van der Waals surface area contributed by atoms with Crippen LogP contribution in [0, 0.1) is 22.0 Å². The summed E-state index contributed by atoms with van der Waals surface area (Å²) in [7, 11) is 0. The molecule has 1 amide bonds. The summed E-state index contributed by atoms with van der Waals surface area (Å²) in [6.07, 6.45) is 2.57. The second-order valence-electron chi connectivity index (χ2n) is 5.25. The number of amides is 1. The van der Waals surface area contributed by atoms with Crippen molar-refractivity contribution in [3.8, 4) is 0 Å². The molecule has 1 aromatic carbocycles. The van der Waals surface area contributed by atoms with Crippen LogP contribution >= 0.6 is 11.6 Å². The third-order valence-electron chi connectivity index (χ3n) is 3.84. The molecule has 1 aliphatic rings. The fraction of sp³-hybridized carbons (Fsp3) is 0.429. The zero-order chi connectivity index (χ0) is 16.3. The summed E-state index contributed by atoms with van der Waals surface area (Å²) in [5.74, 6) is -2.71. The van der Waals surface area contributed by atoms with Crippen LogP contribution < -0.4 is 5.32 Å². The number of carboxylic acids is 1. The molecule has 0 heterocycles. The topological polar surface area (TPSA) is 110 Å². The van der Waals surface area contributed by atoms with Crippen molar-refractivity contribution >= 4 is 34.9 Å². The number of benzene rings is 1. The Morgan fingerprint density at radius 2 is 1.91 bits per heavy atom. The number of anilines is 1. The Morgan fingerprint density at radius 1 is 1.27 bits per heavy atom. The van der Waals surface area contributed by atoms with Gasteiger partial charge in [0.15, 0.2) is 0 Å². The molecule has 2 N–H and O–H groups in total. The van der Waals surface area contributed by atoms with Crippen molar-refractivity contribution in [2.45, 2.75) is 25.7 Å². The molecule has 8 heteroatoms. The molecule has 1 saturated carbocycles. The van der Waals surface area contributed by atoms with Crippen LogP contribution in [0.4, 0.5) is 11.4 Å². The minimum absolute atomic E-state index is 0.0465. The molecular formula is C14H15ClN2O5. The average Bonchev–Trinajstić information content (AvgIpc) is 2.48. The highest BCUT2D eigenvalue weighted by molar-refractivity contribution is 6.34. The number of hydrogen-bond donors (Lipinski definition) is 2. The van der Waals surface area contributed by atoms with Gasteiger partial charge in [0.25, 0.3) is 5.69 Å². The predicted octanol–water partition coefficient (Wildman–Crippen LogP) is 3.08. The van der Waals surface area contributed by atoms with E-state index in [4.69, 9.17) is 11.6 Å².